The van der Waals surface area contributed by atoms with Gasteiger partial charge in [-0.1, -0.05) is 103 Å². The number of anilines is 6. The molecule has 0 saturated carbocycles. The highest BCUT2D eigenvalue weighted by molar-refractivity contribution is 7.86. The standard InChI is InChI=1S/C44H31N2O2P/c47-49(38-24-14-5-15-25-38)42-29-27-37(46(34-20-10-3-11-21-34)35-22-12-4-13-23-35)31-40(42)43-44(49)39-30-36(26-28-41(39)48-43)45(32-16-6-1-7-17-32)33-18-8-2-9-19-33/h1-31H. The minimum Gasteiger partial charge on any atom is -0.455 e. The molecule has 0 amide bonds. The van der Waals surface area contributed by atoms with E-state index in [2.05, 4.69) is 82.6 Å². The van der Waals surface area contributed by atoms with E-state index < -0.39 is 7.14 Å². The molecule has 9 rings (SSSR count). The molecule has 1 aromatic heterocycles. The van der Waals surface area contributed by atoms with Crippen molar-refractivity contribution in [2.24, 2.45) is 0 Å². The topological polar surface area (TPSA) is 36.7 Å². The molecule has 0 bridgehead atoms. The number of nitrogens with zero attached hydrogens (tertiary/aromatic N) is 2. The zero-order valence-corrected chi connectivity index (χ0v) is 27.5. The van der Waals surface area contributed by atoms with Gasteiger partial charge >= 0.3 is 0 Å². The number of hydrogen-bond donors (Lipinski definition) is 0. The molecule has 2 heterocycles. The van der Waals surface area contributed by atoms with Crippen LogP contribution in [-0.2, 0) is 4.57 Å². The highest BCUT2D eigenvalue weighted by atomic mass is 31.2. The summed E-state index contributed by atoms with van der Waals surface area (Å²) in [5.41, 5.74) is 7.64. The van der Waals surface area contributed by atoms with Gasteiger partial charge in [-0.3, -0.25) is 0 Å². The number of benzene rings is 7. The summed E-state index contributed by atoms with van der Waals surface area (Å²) in [4.78, 5) is 4.45. The van der Waals surface area contributed by atoms with Crippen molar-refractivity contribution < 1.29 is 8.98 Å². The first-order chi connectivity index (χ1) is 24.2. The third-order valence-electron chi connectivity index (χ3n) is 9.22. The first kappa shape index (κ1) is 29.1. The van der Waals surface area contributed by atoms with Crippen LogP contribution in [0.2, 0.25) is 0 Å². The molecule has 49 heavy (non-hydrogen) atoms. The van der Waals surface area contributed by atoms with Crippen molar-refractivity contribution in [1.29, 1.82) is 0 Å². The van der Waals surface area contributed by atoms with Crippen molar-refractivity contribution in [1.82, 2.24) is 0 Å². The second kappa shape index (κ2) is 11.9. The second-order valence-corrected chi connectivity index (χ2v) is 14.8. The minimum absolute atomic E-state index is 0.670. The van der Waals surface area contributed by atoms with Gasteiger partial charge in [0.1, 0.15) is 11.3 Å². The Morgan fingerprint density at radius 3 is 1.35 bits per heavy atom. The van der Waals surface area contributed by atoms with Crippen molar-refractivity contribution in [3.63, 3.8) is 0 Å². The van der Waals surface area contributed by atoms with Gasteiger partial charge in [-0.05, 0) is 84.9 Å². The van der Waals surface area contributed by atoms with Crippen LogP contribution in [0.3, 0.4) is 0 Å². The van der Waals surface area contributed by atoms with Crippen LogP contribution >= 0.6 is 7.14 Å². The molecule has 0 fully saturated rings. The van der Waals surface area contributed by atoms with Crippen LogP contribution in [0.5, 0.6) is 0 Å². The van der Waals surface area contributed by atoms with Crippen molar-refractivity contribution in [3.8, 4) is 11.3 Å². The van der Waals surface area contributed by atoms with E-state index in [0.29, 0.717) is 11.3 Å². The summed E-state index contributed by atoms with van der Waals surface area (Å²) in [6.45, 7) is 0. The number of furan rings is 1. The molecule has 1 aliphatic rings. The van der Waals surface area contributed by atoms with Crippen LogP contribution in [-0.4, -0.2) is 0 Å². The van der Waals surface area contributed by atoms with Crippen LogP contribution in [0, 0.1) is 0 Å². The summed E-state index contributed by atoms with van der Waals surface area (Å²) in [6.07, 6.45) is 0. The van der Waals surface area contributed by atoms with Gasteiger partial charge in [0.25, 0.3) is 0 Å². The first-order valence-corrected chi connectivity index (χ1v) is 18.1. The van der Waals surface area contributed by atoms with E-state index in [-0.39, 0.29) is 0 Å². The predicted molar refractivity (Wildman–Crippen MR) is 204 cm³/mol. The Bertz CT molecular complexity index is 2390. The molecule has 0 N–H and O–H groups in total. The Hall–Kier alpha value is -6.09. The number of rotatable bonds is 7. The third kappa shape index (κ3) is 4.80. The first-order valence-electron chi connectivity index (χ1n) is 16.4. The van der Waals surface area contributed by atoms with E-state index in [1.54, 1.807) is 0 Å². The molecular weight excluding hydrogens is 619 g/mol. The molecule has 8 aromatic rings. The SMILES string of the molecule is O=P1(c2ccccc2)c2ccc(N(c3ccccc3)c3ccccc3)cc2-c2oc3ccc(N(c4ccccc4)c4ccccc4)cc3c21. The smallest absolute Gasteiger partial charge is 0.176 e. The van der Waals surface area contributed by atoms with E-state index in [4.69, 9.17) is 4.42 Å². The fraction of sp³-hybridized carbons (Fsp3) is 0. The molecule has 0 saturated heterocycles. The Morgan fingerprint density at radius 2 is 0.857 bits per heavy atom. The molecule has 0 spiro atoms. The van der Waals surface area contributed by atoms with Crippen molar-refractivity contribution in [3.05, 3.63) is 188 Å². The maximum atomic E-state index is 15.9. The van der Waals surface area contributed by atoms with Crippen LogP contribution in [0.1, 0.15) is 0 Å². The lowest BCUT2D eigenvalue weighted by atomic mass is 10.1. The lowest BCUT2D eigenvalue weighted by Crippen LogP contribution is -2.21. The van der Waals surface area contributed by atoms with Crippen LogP contribution < -0.4 is 25.7 Å². The zero-order valence-electron chi connectivity index (χ0n) is 26.6. The molecule has 1 unspecified atom stereocenters. The van der Waals surface area contributed by atoms with Crippen LogP contribution in [0.4, 0.5) is 34.1 Å². The summed E-state index contributed by atoms with van der Waals surface area (Å²) in [6, 6.07) is 63.7. The predicted octanol–water partition coefficient (Wildman–Crippen LogP) is 11.0. The van der Waals surface area contributed by atoms with Crippen LogP contribution in [0.15, 0.2) is 192 Å². The fourth-order valence-corrected chi connectivity index (χ4v) is 10.2. The van der Waals surface area contributed by atoms with E-state index in [1.165, 1.54) is 0 Å². The van der Waals surface area contributed by atoms with Crippen molar-refractivity contribution >= 4 is 68.1 Å². The van der Waals surface area contributed by atoms with Crippen molar-refractivity contribution in [2.75, 3.05) is 9.80 Å². The summed E-state index contributed by atoms with van der Waals surface area (Å²) < 4.78 is 22.6. The Labute approximate surface area is 285 Å². The quantitative estimate of drug-likeness (QED) is 0.161. The maximum absolute atomic E-state index is 15.9. The maximum Gasteiger partial charge on any atom is 0.176 e. The van der Waals surface area contributed by atoms with E-state index >= 15 is 4.57 Å². The molecule has 0 radical (unpaired) electrons. The molecular formula is C44H31N2O2P. The van der Waals surface area contributed by atoms with Crippen LogP contribution in [0.25, 0.3) is 22.3 Å². The Morgan fingerprint density at radius 1 is 0.429 bits per heavy atom. The third-order valence-corrected chi connectivity index (χ3v) is 12.4. The summed E-state index contributed by atoms with van der Waals surface area (Å²) >= 11 is 0. The monoisotopic (exact) mass is 650 g/mol. The highest BCUT2D eigenvalue weighted by Gasteiger charge is 2.45. The highest BCUT2D eigenvalue weighted by Crippen LogP contribution is 2.56. The summed E-state index contributed by atoms with van der Waals surface area (Å²) in [5, 5.41) is 3.21. The van der Waals surface area contributed by atoms with Gasteiger partial charge < -0.3 is 18.8 Å². The summed E-state index contributed by atoms with van der Waals surface area (Å²) in [5.74, 6) is 0.670. The van der Waals surface area contributed by atoms with Gasteiger partial charge in [0, 0.05) is 55.7 Å². The molecule has 234 valence electrons. The van der Waals surface area contributed by atoms with Gasteiger partial charge in [0.15, 0.2) is 7.14 Å². The number of para-hydroxylation sites is 4. The minimum atomic E-state index is -3.32. The average Bonchev–Trinajstić information content (AvgIpc) is 3.67. The molecule has 5 heteroatoms. The molecule has 7 aromatic carbocycles. The van der Waals surface area contributed by atoms with Gasteiger partial charge in [-0.15, -0.1) is 0 Å². The molecule has 0 aliphatic carbocycles. The average molecular weight is 651 g/mol. The van der Waals surface area contributed by atoms with Gasteiger partial charge in [0.2, 0.25) is 0 Å². The van der Waals surface area contributed by atoms with E-state index in [1.807, 2.05) is 115 Å². The second-order valence-electron chi connectivity index (χ2n) is 12.1. The van der Waals surface area contributed by atoms with Gasteiger partial charge in [-0.2, -0.15) is 0 Å². The molecule has 4 nitrogen and oxygen atoms in total. The van der Waals surface area contributed by atoms with Crippen molar-refractivity contribution in [2.45, 2.75) is 0 Å². The fourth-order valence-electron chi connectivity index (χ4n) is 7.06. The van der Waals surface area contributed by atoms with E-state index in [9.17, 15) is 0 Å². The zero-order chi connectivity index (χ0) is 32.8. The lowest BCUT2D eigenvalue weighted by molar-refractivity contribution is 0.593. The summed E-state index contributed by atoms with van der Waals surface area (Å²) in [7, 11) is -3.32. The Balaban J connectivity index is 1.28. The van der Waals surface area contributed by atoms with Gasteiger partial charge in [0.05, 0.1) is 5.30 Å². The molecule has 1 atom stereocenters. The van der Waals surface area contributed by atoms with Gasteiger partial charge in [-0.25, -0.2) is 0 Å². The largest absolute Gasteiger partial charge is 0.455 e. The normalized spacial score (nSPS) is 14.7. The number of hydrogen-bond acceptors (Lipinski definition) is 4. The Kier molecular flexibility index (Phi) is 7.04. The van der Waals surface area contributed by atoms with E-state index in [0.717, 1.165) is 61.0 Å². The molecule has 1 aliphatic heterocycles. The lowest BCUT2D eigenvalue weighted by Gasteiger charge is -2.26. The number of fused-ring (bicyclic) bond motifs is 5.